The number of rotatable bonds is 7. The molecule has 0 aliphatic carbocycles. The number of carbonyl (C=O) groups is 1. The van der Waals surface area contributed by atoms with Crippen molar-refractivity contribution in [3.63, 3.8) is 0 Å². The van der Waals surface area contributed by atoms with Crippen LogP contribution in [0.15, 0.2) is 47.4 Å². The third kappa shape index (κ3) is 4.20. The van der Waals surface area contributed by atoms with E-state index >= 15 is 0 Å². The second-order valence-corrected chi connectivity index (χ2v) is 8.98. The minimum atomic E-state index is -3.65. The molecule has 0 aromatic heterocycles. The predicted molar refractivity (Wildman–Crippen MR) is 109 cm³/mol. The molecular weight excluding hydrogens is 376 g/mol. The SMILES string of the molecule is CCOc1cccc(CN(C)S(=O)(=O)c2ccc(N3CCCC3=O)c(C)c2)c1. The molecule has 0 spiro atoms. The third-order valence-electron chi connectivity index (χ3n) is 4.86. The second-order valence-electron chi connectivity index (χ2n) is 6.94. The third-order valence-corrected chi connectivity index (χ3v) is 6.65. The first-order valence-corrected chi connectivity index (χ1v) is 10.9. The number of aryl methyl sites for hydroxylation is 1. The number of hydrogen-bond donors (Lipinski definition) is 0. The Balaban J connectivity index is 1.81. The molecule has 0 N–H and O–H groups in total. The maximum Gasteiger partial charge on any atom is 0.243 e. The minimum Gasteiger partial charge on any atom is -0.494 e. The summed E-state index contributed by atoms with van der Waals surface area (Å²) in [4.78, 5) is 13.9. The normalized spacial score (nSPS) is 14.7. The number of sulfonamides is 1. The Morgan fingerprint density at radius 1 is 1.18 bits per heavy atom. The molecule has 2 aromatic rings. The van der Waals surface area contributed by atoms with E-state index in [1.54, 1.807) is 30.1 Å². The van der Waals surface area contributed by atoms with Gasteiger partial charge in [0.1, 0.15) is 5.75 Å². The van der Waals surface area contributed by atoms with Crippen LogP contribution in [0.25, 0.3) is 0 Å². The Kier molecular flexibility index (Phi) is 6.05. The molecule has 1 saturated heterocycles. The highest BCUT2D eigenvalue weighted by Gasteiger charge is 2.26. The van der Waals surface area contributed by atoms with Crippen molar-refractivity contribution < 1.29 is 17.9 Å². The van der Waals surface area contributed by atoms with E-state index in [1.165, 1.54) is 4.31 Å². The van der Waals surface area contributed by atoms with Gasteiger partial charge in [0.15, 0.2) is 0 Å². The molecule has 1 aliphatic rings. The van der Waals surface area contributed by atoms with Gasteiger partial charge in [-0.05, 0) is 61.7 Å². The van der Waals surface area contributed by atoms with Crippen molar-refractivity contribution in [2.45, 2.75) is 38.1 Å². The summed E-state index contributed by atoms with van der Waals surface area (Å²) < 4.78 is 32.8. The first-order chi connectivity index (χ1) is 13.3. The van der Waals surface area contributed by atoms with Crippen LogP contribution in [-0.2, 0) is 21.4 Å². The van der Waals surface area contributed by atoms with Crippen LogP contribution in [0.3, 0.4) is 0 Å². The summed E-state index contributed by atoms with van der Waals surface area (Å²) in [5.74, 6) is 0.811. The lowest BCUT2D eigenvalue weighted by atomic mass is 10.2. The highest BCUT2D eigenvalue weighted by molar-refractivity contribution is 7.89. The van der Waals surface area contributed by atoms with Gasteiger partial charge in [0.25, 0.3) is 0 Å². The van der Waals surface area contributed by atoms with E-state index in [-0.39, 0.29) is 17.3 Å². The van der Waals surface area contributed by atoms with E-state index in [0.717, 1.165) is 29.0 Å². The van der Waals surface area contributed by atoms with Gasteiger partial charge >= 0.3 is 0 Å². The van der Waals surface area contributed by atoms with Crippen LogP contribution in [0.4, 0.5) is 5.69 Å². The number of nitrogens with zero attached hydrogens (tertiary/aromatic N) is 2. The Hall–Kier alpha value is -2.38. The van der Waals surface area contributed by atoms with E-state index in [1.807, 2.05) is 38.1 Å². The van der Waals surface area contributed by atoms with E-state index in [9.17, 15) is 13.2 Å². The smallest absolute Gasteiger partial charge is 0.243 e. The van der Waals surface area contributed by atoms with Gasteiger partial charge in [-0.3, -0.25) is 4.79 Å². The number of amides is 1. The summed E-state index contributed by atoms with van der Waals surface area (Å²) in [5.41, 5.74) is 2.42. The first kappa shape index (κ1) is 20.4. The lowest BCUT2D eigenvalue weighted by Gasteiger charge is -2.21. The van der Waals surface area contributed by atoms with Crippen molar-refractivity contribution >= 4 is 21.6 Å². The van der Waals surface area contributed by atoms with Crippen molar-refractivity contribution in [2.75, 3.05) is 25.1 Å². The Morgan fingerprint density at radius 2 is 1.96 bits per heavy atom. The topological polar surface area (TPSA) is 66.9 Å². The average molecular weight is 403 g/mol. The predicted octanol–water partition coefficient (Wildman–Crippen LogP) is 3.34. The Labute approximate surface area is 166 Å². The van der Waals surface area contributed by atoms with Gasteiger partial charge in [0, 0.05) is 32.2 Å². The molecule has 1 fully saturated rings. The molecule has 2 aromatic carbocycles. The average Bonchev–Trinajstić information content (AvgIpc) is 3.08. The number of ether oxygens (including phenoxy) is 1. The van der Waals surface area contributed by atoms with E-state index in [4.69, 9.17) is 4.74 Å². The Bertz CT molecular complexity index is 972. The maximum absolute atomic E-state index is 13.0. The zero-order valence-electron chi connectivity index (χ0n) is 16.5. The molecule has 0 unspecified atom stereocenters. The van der Waals surface area contributed by atoms with E-state index in [0.29, 0.717) is 19.6 Å². The molecular formula is C21H26N2O4S. The van der Waals surface area contributed by atoms with E-state index < -0.39 is 10.0 Å². The molecule has 7 heteroatoms. The standard InChI is InChI=1S/C21H26N2O4S/c1-4-27-18-8-5-7-17(14-18)15-22(3)28(25,26)19-10-11-20(16(2)13-19)23-12-6-9-21(23)24/h5,7-8,10-11,13-14H,4,6,9,12,15H2,1-3H3. The summed E-state index contributed by atoms with van der Waals surface area (Å²) in [5, 5.41) is 0. The van der Waals surface area contributed by atoms with Crippen LogP contribution in [0.2, 0.25) is 0 Å². The van der Waals surface area contributed by atoms with Gasteiger partial charge in [-0.25, -0.2) is 8.42 Å². The van der Waals surface area contributed by atoms with Gasteiger partial charge < -0.3 is 9.64 Å². The molecule has 1 amide bonds. The molecule has 0 saturated carbocycles. The van der Waals surface area contributed by atoms with Crippen LogP contribution in [-0.4, -0.2) is 38.8 Å². The van der Waals surface area contributed by atoms with Crippen molar-refractivity contribution in [2.24, 2.45) is 0 Å². The lowest BCUT2D eigenvalue weighted by Crippen LogP contribution is -2.27. The van der Waals surface area contributed by atoms with Crippen LogP contribution >= 0.6 is 0 Å². The Morgan fingerprint density at radius 3 is 2.61 bits per heavy atom. The fourth-order valence-electron chi connectivity index (χ4n) is 3.42. The van der Waals surface area contributed by atoms with Gasteiger partial charge in [0.05, 0.1) is 11.5 Å². The van der Waals surface area contributed by atoms with Crippen molar-refractivity contribution in [3.05, 3.63) is 53.6 Å². The number of carbonyl (C=O) groups excluding carboxylic acids is 1. The minimum absolute atomic E-state index is 0.0880. The van der Waals surface area contributed by atoms with Gasteiger partial charge in [-0.2, -0.15) is 4.31 Å². The highest BCUT2D eigenvalue weighted by atomic mass is 32.2. The molecule has 150 valence electrons. The molecule has 6 nitrogen and oxygen atoms in total. The van der Waals surface area contributed by atoms with Crippen LogP contribution < -0.4 is 9.64 Å². The maximum atomic E-state index is 13.0. The molecule has 28 heavy (non-hydrogen) atoms. The summed E-state index contributed by atoms with van der Waals surface area (Å²) in [7, 11) is -2.08. The molecule has 0 atom stereocenters. The van der Waals surface area contributed by atoms with Crippen LogP contribution in [0, 0.1) is 6.92 Å². The summed E-state index contributed by atoms with van der Waals surface area (Å²) in [6, 6.07) is 12.4. The first-order valence-electron chi connectivity index (χ1n) is 9.42. The lowest BCUT2D eigenvalue weighted by molar-refractivity contribution is -0.117. The monoisotopic (exact) mass is 402 g/mol. The fraction of sp³-hybridized carbons (Fsp3) is 0.381. The summed E-state index contributed by atoms with van der Waals surface area (Å²) >= 11 is 0. The van der Waals surface area contributed by atoms with Crippen LogP contribution in [0.1, 0.15) is 30.9 Å². The largest absolute Gasteiger partial charge is 0.494 e. The molecule has 0 bridgehead atoms. The zero-order valence-corrected chi connectivity index (χ0v) is 17.3. The molecule has 0 radical (unpaired) electrons. The molecule has 3 rings (SSSR count). The highest BCUT2D eigenvalue weighted by Crippen LogP contribution is 2.28. The van der Waals surface area contributed by atoms with Crippen molar-refractivity contribution in [1.29, 1.82) is 0 Å². The second kappa shape index (κ2) is 8.32. The zero-order chi connectivity index (χ0) is 20.3. The van der Waals surface area contributed by atoms with Gasteiger partial charge in [-0.15, -0.1) is 0 Å². The van der Waals surface area contributed by atoms with E-state index in [2.05, 4.69) is 0 Å². The van der Waals surface area contributed by atoms with Gasteiger partial charge in [0.2, 0.25) is 15.9 Å². The number of hydrogen-bond acceptors (Lipinski definition) is 4. The van der Waals surface area contributed by atoms with Crippen LogP contribution in [0.5, 0.6) is 5.75 Å². The number of anilines is 1. The summed E-state index contributed by atoms with van der Waals surface area (Å²) in [6.07, 6.45) is 1.38. The van der Waals surface area contributed by atoms with Crippen molar-refractivity contribution in [1.82, 2.24) is 4.31 Å². The van der Waals surface area contributed by atoms with Gasteiger partial charge in [-0.1, -0.05) is 12.1 Å². The quantitative estimate of drug-likeness (QED) is 0.712. The number of benzene rings is 2. The van der Waals surface area contributed by atoms with Crippen molar-refractivity contribution in [3.8, 4) is 5.75 Å². The molecule has 1 aliphatic heterocycles. The fourth-order valence-corrected chi connectivity index (χ4v) is 4.66. The summed E-state index contributed by atoms with van der Waals surface area (Å²) in [6.45, 7) is 5.23. The molecule has 1 heterocycles.